The number of benzene rings is 1. The van der Waals surface area contributed by atoms with Crippen molar-refractivity contribution in [2.24, 2.45) is 58.1 Å². The fraction of sp³-hybridized carbons (Fsp3) is 0.736. The first-order valence-electron chi connectivity index (χ1n) is 46.3. The Morgan fingerprint density at radius 3 is 1.54 bits per heavy atom. The van der Waals surface area contributed by atoms with Crippen LogP contribution in [0.15, 0.2) is 24.3 Å². The van der Waals surface area contributed by atoms with Crippen molar-refractivity contribution in [1.82, 2.24) is 101 Å². The number of nitrogens with two attached hydrogens (primary N) is 3. The molecule has 0 radical (unpaired) electrons. The van der Waals surface area contributed by atoms with E-state index in [0.29, 0.717) is 90.3 Å². The van der Waals surface area contributed by atoms with Crippen molar-refractivity contribution < 1.29 is 96.8 Å². The Balaban J connectivity index is 1.09. The van der Waals surface area contributed by atoms with E-state index < -0.39 is 240 Å². The Morgan fingerprint density at radius 1 is 0.534 bits per heavy atom. The van der Waals surface area contributed by atoms with Crippen molar-refractivity contribution >= 4 is 124 Å². The standard InChI is InChI=1S/C87H140N22O20S2/c1-7-14-56(97-45(3)111)75(118)106-65-42-131-40-48-16-11-15-47(29-48)39-130-41-64(72(90)117)105-84(127)69(44(2)110)107-85(128)70(49-17-9-8-10-18-49)108-82(125)60(32-51-37-95-74-55(51)20-13-28-93-74)99-76(119)57(25-26-68(115)116)98-80(123)62(34-66(88)113)102-78(121)59(31-50-36-94-73-54(50)19-12-27-92-73)100-81(124)63(35-67(89)114)103-79(122)61(33-52-38-91-43-96-52)101-77(120)58(30-46-21-23-53(112)24-22-46)104-86(129)71(87(4,5)6)109-83(65)126/h11,15-16,29,44,46,49-65,69-71,73-74,91-96,110,112H,7-10,12-14,17-28,30-43H2,1-6H3,(H2,88,113)(H2,89,114)(H2,90,117)(H,97,111)(H,98,123)(H,99,119)(H,100,124)(H,101,120)(H,102,121)(H,103,122)(H,104,129)(H,105,127)(H,106,118)(H,107,128)(H,108,125)(H,109,126)(H,115,116)/t44-,46?,50?,51?,52?,53?,54?,55?,56+,57+,58+,59+,60+,61+,62+,63+,64+,65+,69+,70+,71-,73?,74?/m1/s1. The van der Waals surface area contributed by atoms with E-state index in [1.807, 2.05) is 25.1 Å². The molecule has 2 bridgehead atoms. The number of carbonyl (C=O) groups excluding carboxylic acids is 16. The summed E-state index contributed by atoms with van der Waals surface area (Å²) >= 11 is 2.46. The van der Waals surface area contributed by atoms with Gasteiger partial charge in [0.1, 0.15) is 78.5 Å². The Bertz CT molecular complexity index is 4150. The quantitative estimate of drug-likeness (QED) is 0.0488. The van der Waals surface area contributed by atoms with Crippen LogP contribution in [0, 0.1) is 40.9 Å². The van der Waals surface area contributed by atoms with Gasteiger partial charge in [0.2, 0.25) is 94.5 Å². The summed E-state index contributed by atoms with van der Waals surface area (Å²) in [6.07, 6.45) is 1.46. The van der Waals surface area contributed by atoms with Crippen LogP contribution in [0.4, 0.5) is 0 Å². The topological polar surface area (TPSA) is 658 Å². The second-order valence-corrected chi connectivity index (χ2v) is 39.6. The van der Waals surface area contributed by atoms with E-state index in [1.54, 1.807) is 26.8 Å². The van der Waals surface area contributed by atoms with Crippen LogP contribution in [0.1, 0.15) is 200 Å². The van der Waals surface area contributed by atoms with E-state index >= 15 is 47.9 Å². The smallest absolute Gasteiger partial charge is 0.303 e. The normalized spacial score (nSPS) is 31.8. The van der Waals surface area contributed by atoms with Crippen molar-refractivity contribution in [2.45, 2.75) is 310 Å². The lowest BCUT2D eigenvalue weighted by molar-refractivity contribution is -0.139. The Kier molecular flexibility index (Phi) is 41.1. The molecule has 21 atom stereocenters. The predicted molar refractivity (Wildman–Crippen MR) is 484 cm³/mol. The second-order valence-electron chi connectivity index (χ2n) is 37.5. The molecule has 8 aliphatic rings. The number of amides is 16. The first-order chi connectivity index (χ1) is 62.3. The number of fused-ring (bicyclic) bond motifs is 4. The summed E-state index contributed by atoms with van der Waals surface area (Å²) in [5.74, 6) is -18.5. The van der Waals surface area contributed by atoms with Gasteiger partial charge >= 0.3 is 5.97 Å². The van der Waals surface area contributed by atoms with E-state index in [2.05, 4.69) is 101 Å². The third-order valence-corrected chi connectivity index (χ3v) is 28.3. The molecule has 0 aromatic heterocycles. The minimum absolute atomic E-state index is 0.0469. The molecule has 28 N–H and O–H groups in total. The number of thioether (sulfide) groups is 2. The van der Waals surface area contributed by atoms with E-state index in [0.717, 1.165) is 30.4 Å². The number of nitrogens with one attached hydrogen (secondary N) is 19. The van der Waals surface area contributed by atoms with Gasteiger partial charge < -0.3 is 134 Å². The molecule has 2 saturated carbocycles. The zero-order valence-electron chi connectivity index (χ0n) is 75.8. The summed E-state index contributed by atoms with van der Waals surface area (Å²) in [4.78, 5) is 246. The number of primary amides is 3. The van der Waals surface area contributed by atoms with Gasteiger partial charge in [0, 0.05) is 55.6 Å². The maximum Gasteiger partial charge on any atom is 0.303 e. The summed E-state index contributed by atoms with van der Waals surface area (Å²) in [5.41, 5.74) is 18.0. The maximum atomic E-state index is 15.4. The van der Waals surface area contributed by atoms with Crippen LogP contribution in [-0.2, 0) is 93.0 Å². The number of aliphatic hydroxyl groups excluding tert-OH is 2. The molecule has 1 aromatic rings. The van der Waals surface area contributed by atoms with Gasteiger partial charge in [-0.15, -0.1) is 0 Å². The third kappa shape index (κ3) is 32.7. The average Bonchev–Trinajstić information content (AvgIpc) is 1.81. The number of aliphatic hydroxyl groups is 2. The number of piperidine rings is 2. The Hall–Kier alpha value is -9.41. The molecule has 0 spiro atoms. The number of hydrogen-bond acceptors (Lipinski definition) is 27. The Morgan fingerprint density at radius 2 is 1.04 bits per heavy atom. The summed E-state index contributed by atoms with van der Waals surface area (Å²) < 4.78 is 0. The number of carboxylic acid groups (broad SMARTS) is 1. The highest BCUT2D eigenvalue weighted by atomic mass is 32.2. The van der Waals surface area contributed by atoms with E-state index in [-0.39, 0.29) is 111 Å². The monoisotopic (exact) mass is 1880 g/mol. The van der Waals surface area contributed by atoms with Crippen molar-refractivity contribution in [2.75, 3.05) is 50.9 Å². The summed E-state index contributed by atoms with van der Waals surface area (Å²) in [6, 6.07) is -13.7. The SMILES string of the molecule is CCC[C@H](NC(C)=O)C(=O)N[C@H]1CSCc2cccc(c2)CSC[C@@H](C(N)=O)NC(=O)[C@H]([C@@H](C)O)NC(=O)[C@H](C2CCCCC2)NC(=O)[C@H](CC2CNC3NCCCC23)NC(=O)[C@H](CCC(=O)O)NC(=O)[C@H](CC(N)=O)NC(=O)[C@H](CC2CNC3NCCCC23)NC(=O)[C@H](CC(N)=O)NC(=O)[C@H](CC2CNCN2)NC(=O)[C@H](CC2CCC(O)CC2)NC(=O)[C@H](C(C)(C)C)NC1=O. The number of hydrogen-bond donors (Lipinski definition) is 25. The summed E-state index contributed by atoms with van der Waals surface area (Å²) in [7, 11) is 0. The van der Waals surface area contributed by atoms with Crippen molar-refractivity contribution in [3.63, 3.8) is 0 Å². The molecule has 1 aromatic carbocycles. The fourth-order valence-electron chi connectivity index (χ4n) is 18.9. The molecule has 7 unspecified atom stereocenters. The zero-order valence-corrected chi connectivity index (χ0v) is 77.5. The van der Waals surface area contributed by atoms with Gasteiger partial charge in [0.25, 0.3) is 0 Å². The third-order valence-electron chi connectivity index (χ3n) is 26.0. The summed E-state index contributed by atoms with van der Waals surface area (Å²) in [5, 5.41) is 87.2. The van der Waals surface area contributed by atoms with Gasteiger partial charge in [0.15, 0.2) is 0 Å². The molecule has 5 saturated heterocycles. The van der Waals surface area contributed by atoms with Crippen LogP contribution < -0.4 is 118 Å². The molecule has 6 aliphatic heterocycles. The molecular weight excluding hydrogens is 1740 g/mol. The fourth-order valence-corrected chi connectivity index (χ4v) is 21.0. The van der Waals surface area contributed by atoms with Gasteiger partial charge in [-0.05, 0) is 188 Å². The first kappa shape index (κ1) is 105. The molecule has 9 rings (SSSR count). The lowest BCUT2D eigenvalue weighted by Crippen LogP contribution is -2.63. The van der Waals surface area contributed by atoms with E-state index in [1.165, 1.54) is 37.4 Å². The van der Waals surface area contributed by atoms with Gasteiger partial charge in [-0.25, -0.2) is 0 Å². The Labute approximate surface area is 772 Å². The number of carbonyl (C=O) groups is 17. The predicted octanol–water partition coefficient (Wildman–Crippen LogP) is -4.88. The zero-order chi connectivity index (χ0) is 95.3. The minimum atomic E-state index is -1.99. The second kappa shape index (κ2) is 51.2. The van der Waals surface area contributed by atoms with Crippen LogP contribution in [0.25, 0.3) is 0 Å². The maximum absolute atomic E-state index is 15.4. The van der Waals surface area contributed by atoms with Gasteiger partial charge in [-0.3, -0.25) is 81.5 Å². The molecule has 16 amide bonds. The number of rotatable bonds is 23. The molecule has 2 aliphatic carbocycles. The van der Waals surface area contributed by atoms with Crippen LogP contribution in [0.5, 0.6) is 0 Å². The first-order valence-corrected chi connectivity index (χ1v) is 48.6. The largest absolute Gasteiger partial charge is 0.481 e. The number of aliphatic carboxylic acids is 1. The lowest BCUT2D eigenvalue weighted by Gasteiger charge is -2.35. The molecule has 44 heteroatoms. The molecule has 131 heavy (non-hydrogen) atoms. The van der Waals surface area contributed by atoms with Crippen LogP contribution in [0.2, 0.25) is 0 Å². The van der Waals surface area contributed by atoms with Gasteiger partial charge in [-0.1, -0.05) is 77.6 Å². The van der Waals surface area contributed by atoms with Crippen molar-refractivity contribution in [3.8, 4) is 0 Å². The molecule has 6 heterocycles. The summed E-state index contributed by atoms with van der Waals surface area (Å²) in [6.45, 7) is 11.8. The van der Waals surface area contributed by atoms with Crippen LogP contribution >= 0.6 is 23.5 Å². The van der Waals surface area contributed by atoms with Gasteiger partial charge in [-0.2, -0.15) is 23.5 Å². The molecule has 730 valence electrons. The van der Waals surface area contributed by atoms with Crippen LogP contribution in [-0.4, -0.2) is 276 Å². The molecule has 7 fully saturated rings. The van der Waals surface area contributed by atoms with Crippen molar-refractivity contribution in [1.29, 1.82) is 0 Å². The molecular formula is C87H140N22O20S2. The van der Waals surface area contributed by atoms with Gasteiger partial charge in [0.05, 0.1) is 37.4 Å². The highest BCUT2D eigenvalue weighted by Crippen LogP contribution is 2.36. The van der Waals surface area contributed by atoms with Crippen molar-refractivity contribution in [3.05, 3.63) is 35.4 Å². The highest BCUT2D eigenvalue weighted by Gasteiger charge is 2.47. The molecule has 42 nitrogen and oxygen atoms in total. The average molecular weight is 1880 g/mol. The minimum Gasteiger partial charge on any atom is -0.481 e. The highest BCUT2D eigenvalue weighted by molar-refractivity contribution is 7.98. The number of carboxylic acids is 1. The lowest BCUT2D eigenvalue weighted by atomic mass is 9.82. The van der Waals surface area contributed by atoms with E-state index in [9.17, 15) is 48.9 Å². The van der Waals surface area contributed by atoms with Crippen LogP contribution in [0.3, 0.4) is 0 Å². The van der Waals surface area contributed by atoms with E-state index in [4.69, 9.17) is 17.2 Å².